The largest absolute Gasteiger partial charge is 0.457 e. The van der Waals surface area contributed by atoms with Crippen LogP contribution in [-0.2, 0) is 5.41 Å². The summed E-state index contributed by atoms with van der Waals surface area (Å²) in [4.78, 5) is 5.42. The van der Waals surface area contributed by atoms with Crippen molar-refractivity contribution in [2.75, 3.05) is 0 Å². The van der Waals surface area contributed by atoms with Crippen molar-refractivity contribution in [3.05, 3.63) is 203 Å². The zero-order chi connectivity index (χ0) is 36.5. The van der Waals surface area contributed by atoms with E-state index in [1.807, 2.05) is 6.07 Å². The maximum atomic E-state index is 6.69. The minimum absolute atomic E-state index is 0.201. The van der Waals surface area contributed by atoms with Crippen LogP contribution < -0.4 is 10.1 Å². The molecule has 0 saturated carbocycles. The van der Waals surface area contributed by atoms with Gasteiger partial charge in [-0.05, 0) is 83.1 Å². The van der Waals surface area contributed by atoms with Gasteiger partial charge in [0.15, 0.2) is 0 Å². The van der Waals surface area contributed by atoms with E-state index in [1.165, 1.54) is 44.2 Å². The molecule has 9 aromatic rings. The van der Waals surface area contributed by atoms with Gasteiger partial charge in [-0.25, -0.2) is 4.99 Å². The highest BCUT2D eigenvalue weighted by Gasteiger charge is 2.52. The summed E-state index contributed by atoms with van der Waals surface area (Å²) >= 11 is 0. The van der Waals surface area contributed by atoms with Gasteiger partial charge in [0.05, 0.1) is 28.2 Å². The predicted molar refractivity (Wildman–Crippen MR) is 225 cm³/mol. The standard InChI is InChI=1S/C51H33N3O2/c1-5-20-38-30(14-1)36-28-37-31-15-3-9-24-43(31)54(44(37)29-41(36)51(38)39-21-6-11-26-46(39)55-47-27-12-7-22-40(47)51)50-52-42-23-8-2-17-34(42)48(53-50)35-19-13-18-33-32-16-4-10-25-45(32)56-49(33)35/h1-6,8-21,23-29,48H,7,22H2,(H,52,53). The summed E-state index contributed by atoms with van der Waals surface area (Å²) in [7, 11) is 0. The van der Waals surface area contributed by atoms with E-state index in [4.69, 9.17) is 14.1 Å². The Morgan fingerprint density at radius 1 is 0.625 bits per heavy atom. The molecule has 2 atom stereocenters. The highest BCUT2D eigenvalue weighted by atomic mass is 16.5. The molecule has 2 aliphatic carbocycles. The molecule has 0 saturated heterocycles. The molecule has 0 radical (unpaired) electrons. The van der Waals surface area contributed by atoms with Crippen molar-refractivity contribution < 1.29 is 9.15 Å². The summed E-state index contributed by atoms with van der Waals surface area (Å²) in [5.41, 5.74) is 14.3. The van der Waals surface area contributed by atoms with Crippen LogP contribution in [0.25, 0.3) is 54.9 Å². The number of hydrogen-bond donors (Lipinski definition) is 1. The van der Waals surface area contributed by atoms with Crippen LogP contribution in [0, 0.1) is 0 Å². The number of nitrogens with one attached hydrogen (secondary N) is 1. The lowest BCUT2D eigenvalue weighted by Crippen LogP contribution is -2.37. The zero-order valence-corrected chi connectivity index (χ0v) is 30.3. The number of ether oxygens (including phenoxy) is 1. The molecule has 2 aromatic heterocycles. The van der Waals surface area contributed by atoms with Gasteiger partial charge in [0.2, 0.25) is 5.96 Å². The van der Waals surface area contributed by atoms with Crippen LogP contribution in [0.1, 0.15) is 46.7 Å². The van der Waals surface area contributed by atoms with Gasteiger partial charge >= 0.3 is 0 Å². The quantitative estimate of drug-likeness (QED) is 0.184. The molecule has 0 fully saturated rings. The second-order valence-corrected chi connectivity index (χ2v) is 15.3. The number of rotatable bonds is 1. The smallest absolute Gasteiger partial charge is 0.209 e. The van der Waals surface area contributed by atoms with Gasteiger partial charge in [-0.1, -0.05) is 121 Å². The molecule has 4 heterocycles. The van der Waals surface area contributed by atoms with Gasteiger partial charge in [-0.3, -0.25) is 4.57 Å². The summed E-state index contributed by atoms with van der Waals surface area (Å²) < 4.78 is 15.7. The molecule has 1 spiro atoms. The van der Waals surface area contributed by atoms with Gasteiger partial charge in [0.1, 0.15) is 22.7 Å². The lowest BCUT2D eigenvalue weighted by atomic mass is 9.64. The van der Waals surface area contributed by atoms with E-state index in [-0.39, 0.29) is 6.04 Å². The number of fused-ring (bicyclic) bond motifs is 15. The minimum Gasteiger partial charge on any atom is -0.457 e. The third-order valence-electron chi connectivity index (χ3n) is 12.6. The van der Waals surface area contributed by atoms with Crippen LogP contribution in [0.5, 0.6) is 5.75 Å². The van der Waals surface area contributed by atoms with Crippen molar-refractivity contribution in [2.45, 2.75) is 24.3 Å². The van der Waals surface area contributed by atoms with Crippen LogP contribution >= 0.6 is 0 Å². The first-order chi connectivity index (χ1) is 27.8. The van der Waals surface area contributed by atoms with E-state index in [1.54, 1.807) is 0 Å². The molecule has 2 unspecified atom stereocenters. The molecular weight excluding hydrogens is 687 g/mol. The van der Waals surface area contributed by atoms with E-state index in [2.05, 4.69) is 168 Å². The van der Waals surface area contributed by atoms with Gasteiger partial charge in [-0.15, -0.1) is 0 Å². The Balaban J connectivity index is 1.10. The summed E-state index contributed by atoms with van der Waals surface area (Å²) in [6.07, 6.45) is 6.34. The molecule has 1 N–H and O–H groups in total. The Bertz CT molecular complexity index is 3280. The summed E-state index contributed by atoms with van der Waals surface area (Å²) in [5, 5.41) is 8.60. The Labute approximate surface area is 322 Å². The molecule has 13 rings (SSSR count). The topological polar surface area (TPSA) is 51.7 Å². The second kappa shape index (κ2) is 11.0. The van der Waals surface area contributed by atoms with Crippen molar-refractivity contribution in [1.82, 2.24) is 9.88 Å². The lowest BCUT2D eigenvalue weighted by molar-refractivity contribution is 0.389. The molecule has 7 aromatic carbocycles. The maximum Gasteiger partial charge on any atom is 0.209 e. The fourth-order valence-corrected chi connectivity index (χ4v) is 10.4. The van der Waals surface area contributed by atoms with E-state index in [0.29, 0.717) is 0 Å². The number of benzene rings is 7. The van der Waals surface area contributed by atoms with Crippen LogP contribution in [-0.4, -0.2) is 10.5 Å². The van der Waals surface area contributed by atoms with Crippen LogP contribution in [0.15, 0.2) is 185 Å². The highest BCUT2D eigenvalue weighted by Crippen LogP contribution is 2.62. The van der Waals surface area contributed by atoms with E-state index in [0.717, 1.165) is 80.1 Å². The Kier molecular flexibility index (Phi) is 5.93. The van der Waals surface area contributed by atoms with Crippen LogP contribution in [0.2, 0.25) is 0 Å². The third-order valence-corrected chi connectivity index (χ3v) is 12.6. The second-order valence-electron chi connectivity index (χ2n) is 15.3. The predicted octanol–water partition coefficient (Wildman–Crippen LogP) is 12.2. The number of nitrogens with zero attached hydrogens (tertiary/aromatic N) is 2. The number of furan rings is 1. The first-order valence-electron chi connectivity index (χ1n) is 19.5. The fourth-order valence-electron chi connectivity index (χ4n) is 10.4. The van der Waals surface area contributed by atoms with Gasteiger partial charge in [0.25, 0.3) is 0 Å². The number of para-hydroxylation sites is 5. The zero-order valence-electron chi connectivity index (χ0n) is 30.3. The molecule has 4 aliphatic rings. The molecule has 2 aliphatic heterocycles. The Morgan fingerprint density at radius 2 is 1.39 bits per heavy atom. The number of aromatic nitrogens is 1. The molecule has 5 heteroatoms. The summed E-state index contributed by atoms with van der Waals surface area (Å²) in [5.74, 6) is 2.67. The van der Waals surface area contributed by atoms with E-state index in [9.17, 15) is 0 Å². The van der Waals surface area contributed by atoms with Crippen molar-refractivity contribution in [3.63, 3.8) is 0 Å². The molecule has 56 heavy (non-hydrogen) atoms. The summed E-state index contributed by atoms with van der Waals surface area (Å²) in [6, 6.07) is 54.4. The average Bonchev–Trinajstić information content (AvgIpc) is 3.89. The van der Waals surface area contributed by atoms with Crippen molar-refractivity contribution in [3.8, 4) is 16.9 Å². The number of hydrogen-bond acceptors (Lipinski definition) is 4. The monoisotopic (exact) mass is 719 g/mol. The Hall–Kier alpha value is -7.11. The van der Waals surface area contributed by atoms with Gasteiger partial charge in [0, 0.05) is 38.2 Å². The SMILES string of the molecule is C1=CC2=C(CC1)C1(c3ccccc3O2)c2ccccc2-c2cc3c4ccccc4n(C4=Nc5ccccc5C(c5cccc6c5oc5ccccc56)N4)c3cc21. The molecule has 0 bridgehead atoms. The molecule has 264 valence electrons. The molecule has 5 nitrogen and oxygen atoms in total. The molecule has 0 amide bonds. The normalized spacial score (nSPS) is 19.1. The number of allylic oxidation sites excluding steroid dienone is 3. The minimum atomic E-state index is -0.496. The molecular formula is C51H33N3O2. The highest BCUT2D eigenvalue weighted by molar-refractivity contribution is 6.16. The van der Waals surface area contributed by atoms with Crippen LogP contribution in [0.3, 0.4) is 0 Å². The van der Waals surface area contributed by atoms with Crippen LogP contribution in [0.4, 0.5) is 5.69 Å². The maximum absolute atomic E-state index is 6.69. The first kappa shape index (κ1) is 30.2. The van der Waals surface area contributed by atoms with Gasteiger partial charge in [-0.2, -0.15) is 0 Å². The first-order valence-corrected chi connectivity index (χ1v) is 19.5. The lowest BCUT2D eigenvalue weighted by Gasteiger charge is -2.41. The van der Waals surface area contributed by atoms with Crippen molar-refractivity contribution >= 4 is 55.4 Å². The fraction of sp³-hybridized carbons (Fsp3) is 0.0784. The van der Waals surface area contributed by atoms with E-state index >= 15 is 0 Å². The van der Waals surface area contributed by atoms with Crippen molar-refractivity contribution in [2.24, 2.45) is 4.99 Å². The van der Waals surface area contributed by atoms with Gasteiger partial charge < -0.3 is 14.5 Å². The Morgan fingerprint density at radius 3 is 2.36 bits per heavy atom. The summed E-state index contributed by atoms with van der Waals surface area (Å²) in [6.45, 7) is 0. The number of aliphatic imine (C=N–C) groups is 1. The third kappa shape index (κ3) is 3.81. The van der Waals surface area contributed by atoms with E-state index < -0.39 is 5.41 Å². The average molecular weight is 720 g/mol. The van der Waals surface area contributed by atoms with Crippen molar-refractivity contribution in [1.29, 1.82) is 0 Å².